The van der Waals surface area contributed by atoms with Gasteiger partial charge in [0.05, 0.1) is 18.5 Å². The average molecular weight is 420 g/mol. The Morgan fingerprint density at radius 3 is 3.00 bits per heavy atom. The Morgan fingerprint density at radius 1 is 1.52 bits per heavy atom. The number of nitrogens with one attached hydrogen (secondary N) is 1. The summed E-state index contributed by atoms with van der Waals surface area (Å²) < 4.78 is 5.31. The molecule has 2 heterocycles. The molecule has 0 aliphatic heterocycles. The highest BCUT2D eigenvalue weighted by molar-refractivity contribution is 14.0. The summed E-state index contributed by atoms with van der Waals surface area (Å²) >= 11 is 1.55. The first kappa shape index (κ1) is 18.0. The van der Waals surface area contributed by atoms with E-state index in [9.17, 15) is 0 Å². The maximum Gasteiger partial charge on any atom is 0.188 e. The summed E-state index contributed by atoms with van der Waals surface area (Å²) in [6.07, 6.45) is 2.72. The molecule has 0 aromatic carbocycles. The third-order valence-electron chi connectivity index (χ3n) is 2.72. The molecule has 0 amide bonds. The zero-order valence-electron chi connectivity index (χ0n) is 12.2. The molecular formula is C14H21IN4OS. The smallest absolute Gasteiger partial charge is 0.188 e. The Morgan fingerprint density at radius 2 is 2.33 bits per heavy atom. The van der Waals surface area contributed by atoms with Gasteiger partial charge in [-0.3, -0.25) is 0 Å². The number of aliphatic imine (C=N–C) groups is 1. The van der Waals surface area contributed by atoms with Crippen molar-refractivity contribution in [2.75, 3.05) is 6.54 Å². The number of aromatic nitrogens is 1. The van der Waals surface area contributed by atoms with Crippen molar-refractivity contribution in [2.45, 2.75) is 26.8 Å². The fraction of sp³-hybridized carbons (Fsp3) is 0.429. The predicted octanol–water partition coefficient (Wildman–Crippen LogP) is 3.47. The average Bonchev–Trinajstić information content (AvgIpc) is 3.06. The first-order valence-corrected chi connectivity index (χ1v) is 7.55. The van der Waals surface area contributed by atoms with Gasteiger partial charge >= 0.3 is 0 Å². The molecule has 0 aliphatic rings. The van der Waals surface area contributed by atoms with Crippen molar-refractivity contribution in [2.24, 2.45) is 16.6 Å². The Balaban J connectivity index is 0.00000220. The van der Waals surface area contributed by atoms with Crippen molar-refractivity contribution < 1.29 is 4.42 Å². The van der Waals surface area contributed by atoms with Gasteiger partial charge in [-0.2, -0.15) is 0 Å². The summed E-state index contributed by atoms with van der Waals surface area (Å²) in [5, 5.41) is 5.95. The van der Waals surface area contributed by atoms with Crippen LogP contribution in [0, 0.1) is 5.92 Å². The lowest BCUT2D eigenvalue weighted by molar-refractivity contribution is 0.576. The van der Waals surface area contributed by atoms with Crippen molar-refractivity contribution in [3.05, 3.63) is 29.5 Å². The largest absolute Gasteiger partial charge is 0.462 e. The third kappa shape index (κ3) is 6.04. The third-order valence-corrected chi connectivity index (χ3v) is 3.63. The second-order valence-corrected chi connectivity index (χ2v) is 5.79. The molecule has 0 unspecified atom stereocenters. The van der Waals surface area contributed by atoms with E-state index in [0.717, 1.165) is 29.4 Å². The van der Waals surface area contributed by atoms with Crippen LogP contribution in [0.1, 0.15) is 26.0 Å². The molecule has 116 valence electrons. The molecule has 5 nitrogen and oxygen atoms in total. The Bertz CT molecular complexity index is 551. The van der Waals surface area contributed by atoms with Gasteiger partial charge in [0.15, 0.2) is 16.7 Å². The van der Waals surface area contributed by atoms with E-state index in [1.165, 1.54) is 0 Å². The number of halogens is 1. The maximum absolute atomic E-state index is 5.81. The Kier molecular flexibility index (Phi) is 7.73. The molecule has 2 rings (SSSR count). The second kappa shape index (κ2) is 9.04. The van der Waals surface area contributed by atoms with Crippen LogP contribution in [-0.2, 0) is 6.54 Å². The van der Waals surface area contributed by atoms with Crippen LogP contribution in [0.4, 0.5) is 0 Å². The molecule has 2 aromatic heterocycles. The minimum atomic E-state index is 0. The highest BCUT2D eigenvalue weighted by Gasteiger charge is 2.06. The summed E-state index contributed by atoms with van der Waals surface area (Å²) in [5.74, 6) is 1.91. The molecule has 0 fully saturated rings. The minimum absolute atomic E-state index is 0. The number of furan rings is 1. The van der Waals surface area contributed by atoms with Crippen LogP contribution >= 0.6 is 35.3 Å². The summed E-state index contributed by atoms with van der Waals surface area (Å²) in [4.78, 5) is 8.75. The van der Waals surface area contributed by atoms with Crippen molar-refractivity contribution in [1.29, 1.82) is 0 Å². The van der Waals surface area contributed by atoms with Crippen molar-refractivity contribution >= 4 is 41.3 Å². The van der Waals surface area contributed by atoms with Gasteiger partial charge in [-0.05, 0) is 24.5 Å². The number of thiazole rings is 1. The maximum atomic E-state index is 5.81. The van der Waals surface area contributed by atoms with E-state index in [0.29, 0.717) is 18.4 Å². The van der Waals surface area contributed by atoms with Gasteiger partial charge in [-0.25, -0.2) is 9.98 Å². The molecule has 21 heavy (non-hydrogen) atoms. The van der Waals surface area contributed by atoms with E-state index < -0.39 is 0 Å². The van der Waals surface area contributed by atoms with Gasteiger partial charge in [0.2, 0.25) is 0 Å². The van der Waals surface area contributed by atoms with Crippen LogP contribution in [0.5, 0.6) is 0 Å². The molecule has 0 spiro atoms. The van der Waals surface area contributed by atoms with Crippen LogP contribution in [0.2, 0.25) is 0 Å². The minimum Gasteiger partial charge on any atom is -0.462 e. The summed E-state index contributed by atoms with van der Waals surface area (Å²) in [6.45, 7) is 5.69. The van der Waals surface area contributed by atoms with E-state index in [2.05, 4.69) is 29.1 Å². The molecule has 0 saturated heterocycles. The van der Waals surface area contributed by atoms with E-state index >= 15 is 0 Å². The van der Waals surface area contributed by atoms with Crippen LogP contribution in [0.25, 0.3) is 10.8 Å². The molecule has 0 atom stereocenters. The van der Waals surface area contributed by atoms with E-state index in [1.54, 1.807) is 17.6 Å². The zero-order chi connectivity index (χ0) is 14.4. The van der Waals surface area contributed by atoms with Crippen LogP contribution < -0.4 is 11.1 Å². The zero-order valence-corrected chi connectivity index (χ0v) is 15.4. The fourth-order valence-electron chi connectivity index (χ4n) is 1.60. The summed E-state index contributed by atoms with van der Waals surface area (Å²) in [5.41, 5.74) is 6.70. The summed E-state index contributed by atoms with van der Waals surface area (Å²) in [7, 11) is 0. The van der Waals surface area contributed by atoms with Gasteiger partial charge in [0.1, 0.15) is 0 Å². The van der Waals surface area contributed by atoms with E-state index in [4.69, 9.17) is 10.2 Å². The topological polar surface area (TPSA) is 76.4 Å². The standard InChI is InChI=1S/C14H20N4OS.HI/c1-10(2)5-6-16-14(15)17-8-11-9-20-13(18-11)12-4-3-7-19-12;/h3-4,7,9-10H,5-6,8H2,1-2H3,(H3,15,16,17);1H. The second-order valence-electron chi connectivity index (χ2n) is 4.93. The van der Waals surface area contributed by atoms with Crippen LogP contribution in [0.3, 0.4) is 0 Å². The number of nitrogens with zero attached hydrogens (tertiary/aromatic N) is 2. The monoisotopic (exact) mass is 420 g/mol. The van der Waals surface area contributed by atoms with E-state index in [-0.39, 0.29) is 24.0 Å². The summed E-state index contributed by atoms with van der Waals surface area (Å²) in [6, 6.07) is 3.75. The van der Waals surface area contributed by atoms with Crippen LogP contribution in [-0.4, -0.2) is 17.5 Å². The number of hydrogen-bond donors (Lipinski definition) is 2. The number of nitrogens with two attached hydrogens (primary N) is 1. The van der Waals surface area contributed by atoms with Gasteiger partial charge in [-0.15, -0.1) is 35.3 Å². The normalized spacial score (nSPS) is 11.5. The van der Waals surface area contributed by atoms with Gasteiger partial charge in [0, 0.05) is 11.9 Å². The molecular weight excluding hydrogens is 399 g/mol. The Hall–Kier alpha value is -1.09. The lowest BCUT2D eigenvalue weighted by atomic mass is 10.1. The van der Waals surface area contributed by atoms with Crippen molar-refractivity contribution in [1.82, 2.24) is 10.3 Å². The molecule has 3 N–H and O–H groups in total. The van der Waals surface area contributed by atoms with Crippen molar-refractivity contribution in [3.63, 3.8) is 0 Å². The SMILES string of the molecule is CC(C)CCNC(N)=NCc1csc(-c2ccco2)n1.I. The molecule has 2 aromatic rings. The molecule has 0 saturated carbocycles. The molecule has 0 bridgehead atoms. The quantitative estimate of drug-likeness (QED) is 0.426. The lowest BCUT2D eigenvalue weighted by Crippen LogP contribution is -2.32. The highest BCUT2D eigenvalue weighted by atomic mass is 127. The number of guanidine groups is 1. The van der Waals surface area contributed by atoms with Gasteiger partial charge in [-0.1, -0.05) is 13.8 Å². The van der Waals surface area contributed by atoms with Crippen LogP contribution in [0.15, 0.2) is 33.2 Å². The van der Waals surface area contributed by atoms with Crippen molar-refractivity contribution in [3.8, 4) is 10.8 Å². The van der Waals surface area contributed by atoms with Gasteiger partial charge < -0.3 is 15.5 Å². The number of rotatable bonds is 6. The Labute approximate surface area is 146 Å². The predicted molar refractivity (Wildman–Crippen MR) is 98.0 cm³/mol. The highest BCUT2D eigenvalue weighted by Crippen LogP contribution is 2.24. The first-order valence-electron chi connectivity index (χ1n) is 6.67. The lowest BCUT2D eigenvalue weighted by Gasteiger charge is -2.06. The first-order chi connectivity index (χ1) is 9.65. The number of hydrogen-bond acceptors (Lipinski definition) is 4. The van der Waals surface area contributed by atoms with E-state index in [1.807, 2.05) is 17.5 Å². The van der Waals surface area contributed by atoms with Gasteiger partial charge in [0.25, 0.3) is 0 Å². The fourth-order valence-corrected chi connectivity index (χ4v) is 2.38. The molecule has 7 heteroatoms. The molecule has 0 radical (unpaired) electrons. The molecule has 0 aliphatic carbocycles.